The second-order valence-electron chi connectivity index (χ2n) is 6.39. The van der Waals surface area contributed by atoms with Crippen LogP contribution in [0.5, 0.6) is 17.2 Å². The van der Waals surface area contributed by atoms with Crippen molar-refractivity contribution < 1.29 is 33.3 Å². The lowest BCUT2D eigenvalue weighted by Gasteiger charge is -2.22. The summed E-state index contributed by atoms with van der Waals surface area (Å²) >= 11 is 0. The molecule has 30 heavy (non-hydrogen) atoms. The van der Waals surface area contributed by atoms with E-state index in [1.165, 1.54) is 31.3 Å². The van der Waals surface area contributed by atoms with Crippen LogP contribution in [0, 0.1) is 0 Å². The van der Waals surface area contributed by atoms with Gasteiger partial charge in [0.05, 0.1) is 19.8 Å². The highest BCUT2D eigenvalue weighted by molar-refractivity contribution is 5.94. The van der Waals surface area contributed by atoms with Gasteiger partial charge in [0.25, 0.3) is 11.8 Å². The first-order valence-electron chi connectivity index (χ1n) is 8.92. The normalized spacial score (nSPS) is 11.2. The van der Waals surface area contributed by atoms with E-state index in [1.54, 1.807) is 44.4 Å². The number of nitrogens with two attached hydrogens (primary N) is 1. The number of benzene rings is 2. The number of hydrogen-bond acceptors (Lipinski definition) is 7. The van der Waals surface area contributed by atoms with E-state index in [-0.39, 0.29) is 22.8 Å². The van der Waals surface area contributed by atoms with Gasteiger partial charge in [-0.05, 0) is 12.1 Å². The van der Waals surface area contributed by atoms with Crippen LogP contribution in [0.1, 0.15) is 22.0 Å². The summed E-state index contributed by atoms with van der Waals surface area (Å²) in [6.07, 6.45) is -1.13. The summed E-state index contributed by atoms with van der Waals surface area (Å²) in [5, 5.41) is 0. The Balaban J connectivity index is 2.38. The molecule has 0 bridgehead atoms. The second-order valence-corrected chi connectivity index (χ2v) is 6.39. The minimum atomic E-state index is -1.13. The van der Waals surface area contributed by atoms with Gasteiger partial charge in [0, 0.05) is 19.7 Å². The number of primary amides is 1. The third-order valence-corrected chi connectivity index (χ3v) is 4.05. The predicted molar refractivity (Wildman–Crippen MR) is 108 cm³/mol. The molecule has 9 heteroatoms. The largest absolute Gasteiger partial charge is 0.493 e. The van der Waals surface area contributed by atoms with Gasteiger partial charge in [-0.1, -0.05) is 30.3 Å². The van der Waals surface area contributed by atoms with Crippen LogP contribution in [-0.2, 0) is 14.3 Å². The number of amides is 2. The zero-order chi connectivity index (χ0) is 22.3. The molecule has 2 amide bonds. The van der Waals surface area contributed by atoms with E-state index >= 15 is 0 Å². The Bertz CT molecular complexity index is 888. The molecule has 0 aromatic heterocycles. The zero-order valence-corrected chi connectivity index (χ0v) is 17.2. The molecule has 0 spiro atoms. The molecule has 0 radical (unpaired) electrons. The lowest BCUT2D eigenvalue weighted by Crippen LogP contribution is -2.31. The minimum Gasteiger partial charge on any atom is -0.493 e. The molecule has 160 valence electrons. The summed E-state index contributed by atoms with van der Waals surface area (Å²) < 4.78 is 21.3. The molecule has 0 aliphatic carbocycles. The van der Waals surface area contributed by atoms with Crippen molar-refractivity contribution in [3.8, 4) is 17.2 Å². The average Bonchev–Trinajstić information content (AvgIpc) is 2.75. The first-order chi connectivity index (χ1) is 14.3. The van der Waals surface area contributed by atoms with Gasteiger partial charge in [0.15, 0.2) is 18.1 Å². The molecule has 2 rings (SSSR count). The fourth-order valence-corrected chi connectivity index (χ4v) is 2.58. The van der Waals surface area contributed by atoms with Crippen molar-refractivity contribution in [1.82, 2.24) is 4.90 Å². The maximum atomic E-state index is 12.9. The van der Waals surface area contributed by atoms with Gasteiger partial charge >= 0.3 is 5.97 Å². The number of esters is 1. The monoisotopic (exact) mass is 416 g/mol. The van der Waals surface area contributed by atoms with Crippen LogP contribution in [0.3, 0.4) is 0 Å². The zero-order valence-electron chi connectivity index (χ0n) is 17.2. The maximum absolute atomic E-state index is 12.9. The highest BCUT2D eigenvalue weighted by Gasteiger charge is 2.28. The third-order valence-electron chi connectivity index (χ3n) is 4.05. The molecule has 0 aliphatic heterocycles. The van der Waals surface area contributed by atoms with Crippen LogP contribution in [0.4, 0.5) is 0 Å². The van der Waals surface area contributed by atoms with E-state index in [1.807, 2.05) is 0 Å². The molecule has 9 nitrogen and oxygen atoms in total. The Morgan fingerprint density at radius 2 is 1.57 bits per heavy atom. The summed E-state index contributed by atoms with van der Waals surface area (Å²) in [5.74, 6) is -1.46. The Labute approximate surface area is 174 Å². The first-order valence-corrected chi connectivity index (χ1v) is 8.92. The molecule has 0 aliphatic rings. The Kier molecular flexibility index (Phi) is 7.62. The van der Waals surface area contributed by atoms with Crippen molar-refractivity contribution >= 4 is 17.8 Å². The maximum Gasteiger partial charge on any atom is 0.339 e. The second kappa shape index (κ2) is 10.1. The highest BCUT2D eigenvalue weighted by atomic mass is 16.6. The number of ether oxygens (including phenoxy) is 4. The Morgan fingerprint density at radius 3 is 2.03 bits per heavy atom. The van der Waals surface area contributed by atoms with Crippen LogP contribution in [0.15, 0.2) is 42.5 Å². The SMILES string of the molecule is COc1cc(C(=O)OC(C(=O)N(C)C)c2ccccc2)cc(OC)c1OCC(N)=O. The molecule has 1 atom stereocenters. The van der Waals surface area contributed by atoms with Gasteiger partial charge in [-0.3, -0.25) is 9.59 Å². The van der Waals surface area contributed by atoms with Gasteiger partial charge in [-0.15, -0.1) is 0 Å². The van der Waals surface area contributed by atoms with Crippen molar-refractivity contribution in [2.75, 3.05) is 34.9 Å². The van der Waals surface area contributed by atoms with E-state index < -0.39 is 30.5 Å². The highest BCUT2D eigenvalue weighted by Crippen LogP contribution is 2.39. The van der Waals surface area contributed by atoms with Crippen molar-refractivity contribution in [2.24, 2.45) is 5.73 Å². The number of nitrogens with zero attached hydrogens (tertiary/aromatic N) is 1. The van der Waals surface area contributed by atoms with Gasteiger partial charge in [-0.25, -0.2) is 4.79 Å². The third kappa shape index (κ3) is 5.40. The summed E-state index contributed by atoms with van der Waals surface area (Å²) in [7, 11) is 5.87. The minimum absolute atomic E-state index is 0.0719. The topological polar surface area (TPSA) is 117 Å². The smallest absolute Gasteiger partial charge is 0.339 e. The van der Waals surface area contributed by atoms with Crippen LogP contribution >= 0.6 is 0 Å². The first kappa shape index (κ1) is 22.5. The molecule has 2 aromatic rings. The summed E-state index contributed by atoms with van der Waals surface area (Å²) in [6.45, 7) is -0.399. The van der Waals surface area contributed by atoms with Gasteiger partial charge in [0.1, 0.15) is 0 Å². The molecule has 2 aromatic carbocycles. The fourth-order valence-electron chi connectivity index (χ4n) is 2.58. The lowest BCUT2D eigenvalue weighted by atomic mass is 10.1. The molecular weight excluding hydrogens is 392 g/mol. The summed E-state index contributed by atoms with van der Waals surface area (Å²) in [5.41, 5.74) is 5.71. The molecule has 0 saturated carbocycles. The predicted octanol–water partition coefficient (Wildman–Crippen LogP) is 1.55. The number of carbonyl (C=O) groups excluding carboxylic acids is 3. The number of likely N-dealkylation sites (N-methyl/N-ethyl adjacent to an activating group) is 1. The lowest BCUT2D eigenvalue weighted by molar-refractivity contribution is -0.138. The quantitative estimate of drug-likeness (QED) is 0.616. The number of carbonyl (C=O) groups is 3. The van der Waals surface area contributed by atoms with Gasteiger partial charge in [0.2, 0.25) is 11.9 Å². The van der Waals surface area contributed by atoms with E-state index in [2.05, 4.69) is 0 Å². The average molecular weight is 416 g/mol. The Hall–Kier alpha value is -3.75. The number of methoxy groups -OCH3 is 2. The van der Waals surface area contributed by atoms with Gasteiger partial charge in [-0.2, -0.15) is 0 Å². The standard InChI is InChI=1S/C21H24N2O7/c1-23(2)20(25)18(13-8-6-5-7-9-13)30-21(26)14-10-15(27-3)19(16(11-14)28-4)29-12-17(22)24/h5-11,18H,12H2,1-4H3,(H2,22,24). The molecular formula is C21H24N2O7. The summed E-state index contributed by atoms with van der Waals surface area (Å²) in [6, 6.07) is 11.4. The molecule has 2 N–H and O–H groups in total. The molecule has 0 saturated heterocycles. The van der Waals surface area contributed by atoms with E-state index in [4.69, 9.17) is 24.7 Å². The number of hydrogen-bond donors (Lipinski definition) is 1. The number of rotatable bonds is 9. The van der Waals surface area contributed by atoms with Crippen molar-refractivity contribution in [3.05, 3.63) is 53.6 Å². The van der Waals surface area contributed by atoms with E-state index in [0.29, 0.717) is 5.56 Å². The van der Waals surface area contributed by atoms with Crippen molar-refractivity contribution in [1.29, 1.82) is 0 Å². The Morgan fingerprint density at radius 1 is 1.00 bits per heavy atom. The van der Waals surface area contributed by atoms with Gasteiger partial charge < -0.3 is 29.6 Å². The van der Waals surface area contributed by atoms with Crippen molar-refractivity contribution in [3.63, 3.8) is 0 Å². The molecule has 1 unspecified atom stereocenters. The van der Waals surface area contributed by atoms with Crippen LogP contribution in [-0.4, -0.2) is 57.6 Å². The van der Waals surface area contributed by atoms with Crippen LogP contribution < -0.4 is 19.9 Å². The fraction of sp³-hybridized carbons (Fsp3) is 0.286. The van der Waals surface area contributed by atoms with Crippen LogP contribution in [0.25, 0.3) is 0 Å². The van der Waals surface area contributed by atoms with E-state index in [9.17, 15) is 14.4 Å². The molecule has 0 heterocycles. The summed E-state index contributed by atoms with van der Waals surface area (Å²) in [4.78, 5) is 37.8. The van der Waals surface area contributed by atoms with Crippen LogP contribution in [0.2, 0.25) is 0 Å². The molecule has 0 fully saturated rings. The van der Waals surface area contributed by atoms with E-state index in [0.717, 1.165) is 0 Å². The van der Waals surface area contributed by atoms with Crippen molar-refractivity contribution in [2.45, 2.75) is 6.10 Å².